The van der Waals surface area contributed by atoms with Crippen LogP contribution in [0, 0.1) is 5.82 Å². The maximum absolute atomic E-state index is 13.7. The van der Waals surface area contributed by atoms with Crippen LogP contribution in [0.25, 0.3) is 33.2 Å². The Labute approximate surface area is 198 Å². The molecule has 0 radical (unpaired) electrons. The van der Waals surface area contributed by atoms with Crippen LogP contribution in [0.1, 0.15) is 0 Å². The Balaban J connectivity index is 1.52. The maximum atomic E-state index is 13.7. The summed E-state index contributed by atoms with van der Waals surface area (Å²) in [6.07, 6.45) is 4.69. The van der Waals surface area contributed by atoms with Crippen LogP contribution in [-0.2, 0) is 11.0 Å². The molecular weight excluding hydrogens is 451 g/mol. The fourth-order valence-electron chi connectivity index (χ4n) is 3.73. The SMILES string of the molecule is COc1cc(-c2cccc(F)c2)ccc1-c1nccc2cc(S(=O)Nc3ccncn3)ccc12. The average molecular weight is 471 g/mol. The summed E-state index contributed by atoms with van der Waals surface area (Å²) in [7, 11) is 0.107. The van der Waals surface area contributed by atoms with Crippen LogP contribution in [0.4, 0.5) is 10.2 Å². The molecule has 6 nitrogen and oxygen atoms in total. The fourth-order valence-corrected chi connectivity index (χ4v) is 4.58. The van der Waals surface area contributed by atoms with E-state index >= 15 is 0 Å². The molecule has 0 saturated heterocycles. The molecule has 0 aliphatic carbocycles. The maximum Gasteiger partial charge on any atom is 0.151 e. The zero-order valence-corrected chi connectivity index (χ0v) is 18.9. The number of pyridine rings is 1. The Hall–Kier alpha value is -4.17. The van der Waals surface area contributed by atoms with Gasteiger partial charge in [-0.15, -0.1) is 0 Å². The molecule has 2 aromatic heterocycles. The lowest BCUT2D eigenvalue weighted by atomic mass is 9.99. The van der Waals surface area contributed by atoms with E-state index in [9.17, 15) is 8.60 Å². The van der Waals surface area contributed by atoms with Crippen LogP contribution in [0.5, 0.6) is 5.75 Å². The Bertz CT molecular complexity index is 1510. The van der Waals surface area contributed by atoms with Crippen LogP contribution >= 0.6 is 0 Å². The predicted molar refractivity (Wildman–Crippen MR) is 131 cm³/mol. The number of aromatic nitrogens is 3. The second kappa shape index (κ2) is 9.36. The molecule has 2 heterocycles. The molecule has 0 aliphatic rings. The van der Waals surface area contributed by atoms with Gasteiger partial charge < -0.3 is 4.74 Å². The minimum atomic E-state index is -1.49. The molecule has 1 N–H and O–H groups in total. The quantitative estimate of drug-likeness (QED) is 0.347. The van der Waals surface area contributed by atoms with E-state index < -0.39 is 11.0 Å². The third-order valence-corrected chi connectivity index (χ3v) is 6.42. The Morgan fingerprint density at radius 1 is 0.912 bits per heavy atom. The van der Waals surface area contributed by atoms with Gasteiger partial charge in [-0.25, -0.2) is 18.6 Å². The topological polar surface area (TPSA) is 77.0 Å². The lowest BCUT2D eigenvalue weighted by Gasteiger charge is -2.13. The summed E-state index contributed by atoms with van der Waals surface area (Å²) in [6, 6.07) is 21.2. The number of ether oxygens (including phenoxy) is 1. The number of methoxy groups -OCH3 is 1. The highest BCUT2D eigenvalue weighted by Gasteiger charge is 2.14. The van der Waals surface area contributed by atoms with Crippen molar-refractivity contribution >= 4 is 27.6 Å². The van der Waals surface area contributed by atoms with Crippen molar-refractivity contribution in [2.24, 2.45) is 0 Å². The van der Waals surface area contributed by atoms with Gasteiger partial charge in [0.25, 0.3) is 0 Å². The number of rotatable bonds is 6. The lowest BCUT2D eigenvalue weighted by molar-refractivity contribution is 0.416. The van der Waals surface area contributed by atoms with Crippen LogP contribution in [0.3, 0.4) is 0 Å². The van der Waals surface area contributed by atoms with Gasteiger partial charge in [-0.3, -0.25) is 9.71 Å². The number of nitrogens with zero attached hydrogens (tertiary/aromatic N) is 3. The van der Waals surface area contributed by atoms with Crippen molar-refractivity contribution in [2.75, 3.05) is 11.8 Å². The van der Waals surface area contributed by atoms with Crippen LogP contribution in [0.15, 0.2) is 96.4 Å². The van der Waals surface area contributed by atoms with E-state index in [1.165, 1.54) is 18.5 Å². The minimum absolute atomic E-state index is 0.293. The van der Waals surface area contributed by atoms with Gasteiger partial charge in [0.1, 0.15) is 23.7 Å². The summed E-state index contributed by atoms with van der Waals surface area (Å²) in [5.41, 5.74) is 3.15. The van der Waals surface area contributed by atoms with Crippen molar-refractivity contribution < 1.29 is 13.3 Å². The molecule has 0 fully saturated rings. The molecule has 1 unspecified atom stereocenters. The largest absolute Gasteiger partial charge is 0.496 e. The second-order valence-electron chi connectivity index (χ2n) is 7.43. The Morgan fingerprint density at radius 3 is 2.59 bits per heavy atom. The number of benzene rings is 3. The zero-order chi connectivity index (χ0) is 23.5. The normalized spacial score (nSPS) is 11.8. The van der Waals surface area contributed by atoms with E-state index in [0.717, 1.165) is 33.2 Å². The number of hydrogen-bond donors (Lipinski definition) is 1. The van der Waals surface area contributed by atoms with Crippen molar-refractivity contribution in [1.82, 2.24) is 15.0 Å². The van der Waals surface area contributed by atoms with Gasteiger partial charge in [0.2, 0.25) is 0 Å². The van der Waals surface area contributed by atoms with Crippen molar-refractivity contribution in [2.45, 2.75) is 4.90 Å². The molecule has 168 valence electrons. The standard InChI is InChI=1S/C26H19FN4O2S/c1-33-24-15-18(17-3-2-4-20(27)13-17)5-7-23(24)26-22-8-6-21(14-19(22)9-12-29-26)34(32)31-25-10-11-28-16-30-25/h2-16H,1H3,(H,28,30,31). The van der Waals surface area contributed by atoms with Gasteiger partial charge in [0.15, 0.2) is 11.0 Å². The molecule has 3 aromatic carbocycles. The van der Waals surface area contributed by atoms with Gasteiger partial charge in [-0.1, -0.05) is 24.3 Å². The average Bonchev–Trinajstić information content (AvgIpc) is 2.88. The van der Waals surface area contributed by atoms with Gasteiger partial charge in [-0.2, -0.15) is 0 Å². The first-order chi connectivity index (χ1) is 16.6. The first-order valence-electron chi connectivity index (χ1n) is 10.4. The zero-order valence-electron chi connectivity index (χ0n) is 18.1. The monoisotopic (exact) mass is 470 g/mol. The molecule has 5 aromatic rings. The molecule has 8 heteroatoms. The van der Waals surface area contributed by atoms with Gasteiger partial charge in [0, 0.05) is 23.3 Å². The number of halogens is 1. The smallest absolute Gasteiger partial charge is 0.151 e. The second-order valence-corrected chi connectivity index (χ2v) is 8.65. The minimum Gasteiger partial charge on any atom is -0.496 e. The third kappa shape index (κ3) is 4.35. The lowest BCUT2D eigenvalue weighted by Crippen LogP contribution is -2.06. The Morgan fingerprint density at radius 2 is 1.79 bits per heavy atom. The molecule has 5 rings (SSSR count). The van der Waals surface area contributed by atoms with E-state index in [1.54, 1.807) is 37.7 Å². The van der Waals surface area contributed by atoms with Gasteiger partial charge in [-0.05, 0) is 65.0 Å². The van der Waals surface area contributed by atoms with Crippen LogP contribution in [-0.4, -0.2) is 26.3 Å². The fraction of sp³-hybridized carbons (Fsp3) is 0.0385. The van der Waals surface area contributed by atoms with E-state index in [4.69, 9.17) is 4.74 Å². The van der Waals surface area contributed by atoms with Crippen LogP contribution in [0.2, 0.25) is 0 Å². The summed E-state index contributed by atoms with van der Waals surface area (Å²) in [5, 5.41) is 1.78. The van der Waals surface area contributed by atoms with Crippen molar-refractivity contribution in [3.05, 3.63) is 97.3 Å². The highest BCUT2D eigenvalue weighted by Crippen LogP contribution is 2.37. The molecule has 34 heavy (non-hydrogen) atoms. The molecule has 0 spiro atoms. The van der Waals surface area contributed by atoms with E-state index in [-0.39, 0.29) is 5.82 Å². The van der Waals surface area contributed by atoms with E-state index in [2.05, 4.69) is 19.7 Å². The van der Waals surface area contributed by atoms with Crippen molar-refractivity contribution in [3.63, 3.8) is 0 Å². The van der Waals surface area contributed by atoms with E-state index in [0.29, 0.717) is 16.5 Å². The van der Waals surface area contributed by atoms with Gasteiger partial charge >= 0.3 is 0 Å². The number of anilines is 1. The van der Waals surface area contributed by atoms with Crippen molar-refractivity contribution in [3.8, 4) is 28.1 Å². The van der Waals surface area contributed by atoms with E-state index in [1.807, 2.05) is 42.5 Å². The number of hydrogen-bond acceptors (Lipinski definition) is 5. The summed E-state index contributed by atoms with van der Waals surface area (Å²) >= 11 is 0. The molecule has 0 saturated carbocycles. The molecule has 0 bridgehead atoms. The summed E-state index contributed by atoms with van der Waals surface area (Å²) in [4.78, 5) is 13.1. The summed E-state index contributed by atoms with van der Waals surface area (Å²) in [5.74, 6) is 0.811. The highest BCUT2D eigenvalue weighted by atomic mass is 32.2. The van der Waals surface area contributed by atoms with Crippen LogP contribution < -0.4 is 9.46 Å². The molecular formula is C26H19FN4O2S. The first kappa shape index (κ1) is 21.7. The van der Waals surface area contributed by atoms with Gasteiger partial charge in [0.05, 0.1) is 17.7 Å². The molecule has 0 amide bonds. The number of fused-ring (bicyclic) bond motifs is 1. The summed E-state index contributed by atoms with van der Waals surface area (Å²) < 4.78 is 35.0. The third-order valence-electron chi connectivity index (χ3n) is 5.34. The number of nitrogens with one attached hydrogen (secondary N) is 1. The predicted octanol–water partition coefficient (Wildman–Crippen LogP) is 5.64. The van der Waals surface area contributed by atoms with Crippen molar-refractivity contribution in [1.29, 1.82) is 0 Å². The molecule has 1 atom stereocenters. The Kier molecular flexibility index (Phi) is 5.97. The first-order valence-corrected chi connectivity index (χ1v) is 11.5. The summed E-state index contributed by atoms with van der Waals surface area (Å²) in [6.45, 7) is 0. The molecule has 0 aliphatic heterocycles. The highest BCUT2D eigenvalue weighted by molar-refractivity contribution is 7.86.